The van der Waals surface area contributed by atoms with Gasteiger partial charge in [-0.05, 0) is 31.4 Å². The molecule has 0 radical (unpaired) electrons. The van der Waals surface area contributed by atoms with Gasteiger partial charge in [-0.1, -0.05) is 6.07 Å². The molecule has 0 saturated heterocycles. The van der Waals surface area contributed by atoms with Crippen molar-refractivity contribution in [2.75, 3.05) is 6.61 Å². The summed E-state index contributed by atoms with van der Waals surface area (Å²) in [4.78, 5) is 0. The first-order chi connectivity index (χ1) is 6.68. The Morgan fingerprint density at radius 1 is 1.43 bits per heavy atom. The van der Waals surface area contributed by atoms with Gasteiger partial charge >= 0.3 is 0 Å². The molecule has 2 nitrogen and oxygen atoms in total. The van der Waals surface area contributed by atoms with Crippen molar-refractivity contribution in [3.8, 4) is 5.75 Å². The molecule has 2 N–H and O–H groups in total. The standard InChI is InChI=1S/C11H14FNO/c12-9-3-1-4-10(7-9)14-8-11(13)5-2-6-11/h1,3-4,7H,2,5-6,8,13H2. The van der Waals surface area contributed by atoms with Crippen molar-refractivity contribution >= 4 is 0 Å². The highest BCUT2D eigenvalue weighted by Crippen LogP contribution is 2.29. The van der Waals surface area contributed by atoms with Gasteiger partial charge in [0.1, 0.15) is 18.2 Å². The maximum absolute atomic E-state index is 12.8. The predicted molar refractivity (Wildman–Crippen MR) is 52.7 cm³/mol. The Morgan fingerprint density at radius 3 is 2.79 bits per heavy atom. The summed E-state index contributed by atoms with van der Waals surface area (Å²) in [6.45, 7) is 0.483. The third kappa shape index (κ3) is 2.04. The lowest BCUT2D eigenvalue weighted by Gasteiger charge is -2.37. The number of hydrogen-bond donors (Lipinski definition) is 1. The Kier molecular flexibility index (Phi) is 2.42. The molecule has 1 saturated carbocycles. The van der Waals surface area contributed by atoms with Gasteiger partial charge < -0.3 is 10.5 Å². The van der Waals surface area contributed by atoms with Gasteiger partial charge in [0.05, 0.1) is 5.54 Å². The number of benzene rings is 1. The van der Waals surface area contributed by atoms with Crippen LogP contribution in [0.15, 0.2) is 24.3 Å². The molecule has 0 bridgehead atoms. The van der Waals surface area contributed by atoms with Gasteiger partial charge in [0.15, 0.2) is 0 Å². The minimum atomic E-state index is -0.276. The van der Waals surface area contributed by atoms with Gasteiger partial charge in [-0.15, -0.1) is 0 Å². The molecule has 1 aliphatic carbocycles. The zero-order valence-corrected chi connectivity index (χ0v) is 8.00. The van der Waals surface area contributed by atoms with Crippen molar-refractivity contribution < 1.29 is 9.13 Å². The molecule has 76 valence electrons. The molecule has 1 aromatic carbocycles. The van der Waals surface area contributed by atoms with E-state index in [2.05, 4.69) is 0 Å². The quantitative estimate of drug-likeness (QED) is 0.801. The van der Waals surface area contributed by atoms with Gasteiger partial charge in [0.2, 0.25) is 0 Å². The molecule has 2 rings (SSSR count). The first-order valence-electron chi connectivity index (χ1n) is 4.85. The van der Waals surface area contributed by atoms with Crippen LogP contribution in [-0.2, 0) is 0 Å². The van der Waals surface area contributed by atoms with Crippen LogP contribution in [0.3, 0.4) is 0 Å². The SMILES string of the molecule is NC1(COc2cccc(F)c2)CCC1. The van der Waals surface area contributed by atoms with Gasteiger partial charge in [-0.3, -0.25) is 0 Å². The summed E-state index contributed by atoms with van der Waals surface area (Å²) in [7, 11) is 0. The molecule has 0 heterocycles. The van der Waals surface area contributed by atoms with Crippen molar-refractivity contribution in [1.29, 1.82) is 0 Å². The van der Waals surface area contributed by atoms with E-state index < -0.39 is 0 Å². The van der Waals surface area contributed by atoms with E-state index in [0.717, 1.165) is 12.8 Å². The Hall–Kier alpha value is -1.09. The van der Waals surface area contributed by atoms with E-state index in [4.69, 9.17) is 10.5 Å². The molecule has 0 amide bonds. The van der Waals surface area contributed by atoms with Crippen molar-refractivity contribution in [3.05, 3.63) is 30.1 Å². The number of rotatable bonds is 3. The fraction of sp³-hybridized carbons (Fsp3) is 0.455. The highest BCUT2D eigenvalue weighted by atomic mass is 19.1. The van der Waals surface area contributed by atoms with E-state index in [1.165, 1.54) is 18.6 Å². The van der Waals surface area contributed by atoms with Crippen LogP contribution < -0.4 is 10.5 Å². The number of ether oxygens (including phenoxy) is 1. The molecule has 0 unspecified atom stereocenters. The molecule has 1 aliphatic rings. The first-order valence-corrected chi connectivity index (χ1v) is 4.85. The van der Waals surface area contributed by atoms with Crippen molar-refractivity contribution in [3.63, 3.8) is 0 Å². The molecular formula is C11H14FNO. The van der Waals surface area contributed by atoms with E-state index in [-0.39, 0.29) is 11.4 Å². The van der Waals surface area contributed by atoms with Gasteiger partial charge in [-0.25, -0.2) is 4.39 Å². The summed E-state index contributed by atoms with van der Waals surface area (Å²) in [5.41, 5.74) is 5.80. The Balaban J connectivity index is 1.91. The monoisotopic (exact) mass is 195 g/mol. The lowest BCUT2D eigenvalue weighted by molar-refractivity contribution is 0.142. The fourth-order valence-electron chi connectivity index (χ4n) is 1.56. The summed E-state index contributed by atoms with van der Waals surface area (Å²) in [6, 6.07) is 6.15. The molecule has 0 spiro atoms. The zero-order valence-electron chi connectivity index (χ0n) is 8.00. The van der Waals surface area contributed by atoms with Crippen LogP contribution in [0.1, 0.15) is 19.3 Å². The lowest BCUT2D eigenvalue weighted by atomic mass is 9.78. The third-order valence-corrected chi connectivity index (χ3v) is 2.67. The second-order valence-electron chi connectivity index (χ2n) is 3.96. The largest absolute Gasteiger partial charge is 0.492 e. The first kappa shape index (κ1) is 9.46. The van der Waals surface area contributed by atoms with Crippen molar-refractivity contribution in [2.45, 2.75) is 24.8 Å². The second kappa shape index (κ2) is 3.58. The van der Waals surface area contributed by atoms with Gasteiger partial charge in [0.25, 0.3) is 0 Å². The predicted octanol–water partition coefficient (Wildman–Crippen LogP) is 2.09. The Morgan fingerprint density at radius 2 is 2.21 bits per heavy atom. The summed E-state index contributed by atoms with van der Waals surface area (Å²) in [6.07, 6.45) is 3.17. The second-order valence-corrected chi connectivity index (χ2v) is 3.96. The van der Waals surface area contributed by atoms with Crippen LogP contribution in [0.25, 0.3) is 0 Å². The van der Waals surface area contributed by atoms with E-state index in [9.17, 15) is 4.39 Å². The molecule has 14 heavy (non-hydrogen) atoms. The average Bonchev–Trinajstić information content (AvgIpc) is 2.12. The number of nitrogens with two attached hydrogens (primary N) is 1. The van der Waals surface area contributed by atoms with Crippen LogP contribution in [0, 0.1) is 5.82 Å². The van der Waals surface area contributed by atoms with E-state index in [1.54, 1.807) is 12.1 Å². The lowest BCUT2D eigenvalue weighted by Crippen LogP contribution is -2.51. The van der Waals surface area contributed by atoms with Gasteiger partial charge in [0, 0.05) is 6.07 Å². The Labute approximate surface area is 82.9 Å². The zero-order chi connectivity index (χ0) is 10.0. The summed E-state index contributed by atoms with van der Waals surface area (Å²) >= 11 is 0. The van der Waals surface area contributed by atoms with E-state index >= 15 is 0 Å². The van der Waals surface area contributed by atoms with Crippen molar-refractivity contribution in [2.24, 2.45) is 5.73 Å². The fourth-order valence-corrected chi connectivity index (χ4v) is 1.56. The third-order valence-electron chi connectivity index (χ3n) is 2.67. The summed E-state index contributed by atoms with van der Waals surface area (Å²) < 4.78 is 18.2. The smallest absolute Gasteiger partial charge is 0.126 e. The Bertz CT molecular complexity index is 323. The molecule has 0 aromatic heterocycles. The highest BCUT2D eigenvalue weighted by molar-refractivity contribution is 5.22. The van der Waals surface area contributed by atoms with Crippen LogP contribution >= 0.6 is 0 Å². The highest BCUT2D eigenvalue weighted by Gasteiger charge is 2.33. The number of hydrogen-bond acceptors (Lipinski definition) is 2. The topological polar surface area (TPSA) is 35.2 Å². The summed E-state index contributed by atoms with van der Waals surface area (Å²) in [5, 5.41) is 0. The summed E-state index contributed by atoms with van der Waals surface area (Å²) in [5.74, 6) is 0.281. The molecule has 0 aliphatic heterocycles. The minimum absolute atomic E-state index is 0.174. The van der Waals surface area contributed by atoms with Gasteiger partial charge in [-0.2, -0.15) is 0 Å². The molecule has 1 fully saturated rings. The van der Waals surface area contributed by atoms with Crippen LogP contribution in [0.4, 0.5) is 4.39 Å². The van der Waals surface area contributed by atoms with Crippen LogP contribution in [0.5, 0.6) is 5.75 Å². The number of halogens is 1. The normalized spacial score (nSPS) is 18.7. The van der Waals surface area contributed by atoms with Crippen LogP contribution in [0.2, 0.25) is 0 Å². The molecular weight excluding hydrogens is 181 g/mol. The maximum atomic E-state index is 12.8. The average molecular weight is 195 g/mol. The van der Waals surface area contributed by atoms with E-state index in [1.807, 2.05) is 0 Å². The van der Waals surface area contributed by atoms with Crippen molar-refractivity contribution in [1.82, 2.24) is 0 Å². The van der Waals surface area contributed by atoms with E-state index in [0.29, 0.717) is 12.4 Å². The van der Waals surface area contributed by atoms with Crippen LogP contribution in [-0.4, -0.2) is 12.1 Å². The molecule has 0 atom stereocenters. The molecule has 1 aromatic rings. The minimum Gasteiger partial charge on any atom is -0.492 e. The maximum Gasteiger partial charge on any atom is 0.126 e. The molecule has 3 heteroatoms.